The third-order valence-electron chi connectivity index (χ3n) is 3.81. The van der Waals surface area contributed by atoms with Gasteiger partial charge in [-0.15, -0.1) is 0 Å². The number of benzene rings is 2. The zero-order valence-corrected chi connectivity index (χ0v) is 14.5. The Hall–Kier alpha value is -2.34. The number of ether oxygens (including phenoxy) is 1. The predicted molar refractivity (Wildman–Crippen MR) is 93.9 cm³/mol. The molecule has 2 aromatic rings. The van der Waals surface area contributed by atoms with Gasteiger partial charge in [-0.3, -0.25) is 9.59 Å². The molecule has 0 unspecified atom stereocenters. The van der Waals surface area contributed by atoms with E-state index < -0.39 is 0 Å². The monoisotopic (exact) mass is 388 g/mol. The van der Waals surface area contributed by atoms with Crippen LogP contribution in [0.5, 0.6) is 5.75 Å². The molecular weight excluding hydrogens is 372 g/mol. The van der Waals surface area contributed by atoms with Crippen molar-refractivity contribution >= 4 is 27.7 Å². The molecule has 3 rings (SSSR count). The molecule has 1 heterocycles. The second kappa shape index (κ2) is 7.49. The zero-order valence-electron chi connectivity index (χ0n) is 12.9. The van der Waals surface area contributed by atoms with Crippen LogP contribution in [-0.2, 0) is 4.79 Å². The highest BCUT2D eigenvalue weighted by Crippen LogP contribution is 2.31. The van der Waals surface area contributed by atoms with Crippen LogP contribution in [0.1, 0.15) is 28.4 Å². The fraction of sp³-hybridized carbons (Fsp3) is 0.222. The summed E-state index contributed by atoms with van der Waals surface area (Å²) >= 11 is 3.32. The van der Waals surface area contributed by atoms with E-state index in [1.807, 2.05) is 24.3 Å². The lowest BCUT2D eigenvalue weighted by atomic mass is 10.0. The topological polar surface area (TPSA) is 67.4 Å². The highest BCUT2D eigenvalue weighted by atomic mass is 79.9. The number of carbonyl (C=O) groups is 2. The van der Waals surface area contributed by atoms with Gasteiger partial charge in [0.15, 0.2) is 0 Å². The molecule has 0 fully saturated rings. The molecule has 2 amide bonds. The third kappa shape index (κ3) is 3.94. The van der Waals surface area contributed by atoms with Crippen LogP contribution in [0, 0.1) is 0 Å². The standard InChI is InChI=1S/C18H17BrN2O3/c19-13-7-5-12(6-8-13)18(23)20-11-17(22)21-15-9-10-24-16-4-2-1-3-14(15)16/h1-8,15H,9-11H2,(H,20,23)(H,21,22)/t15-/m0/s1. The molecule has 0 bridgehead atoms. The summed E-state index contributed by atoms with van der Waals surface area (Å²) in [5.74, 6) is 0.306. The van der Waals surface area contributed by atoms with Gasteiger partial charge in [0, 0.05) is 22.0 Å². The van der Waals surface area contributed by atoms with Crippen molar-refractivity contribution in [3.63, 3.8) is 0 Å². The molecule has 0 saturated heterocycles. The molecule has 1 aliphatic rings. The highest BCUT2D eigenvalue weighted by Gasteiger charge is 2.22. The van der Waals surface area contributed by atoms with Crippen molar-refractivity contribution in [2.45, 2.75) is 12.5 Å². The van der Waals surface area contributed by atoms with Gasteiger partial charge in [0.2, 0.25) is 5.91 Å². The Bertz CT molecular complexity index is 746. The fourth-order valence-corrected chi connectivity index (χ4v) is 2.87. The highest BCUT2D eigenvalue weighted by molar-refractivity contribution is 9.10. The Balaban J connectivity index is 1.55. The van der Waals surface area contributed by atoms with Crippen molar-refractivity contribution < 1.29 is 14.3 Å². The number of hydrogen-bond donors (Lipinski definition) is 2. The van der Waals surface area contributed by atoms with E-state index in [1.54, 1.807) is 24.3 Å². The lowest BCUT2D eigenvalue weighted by Crippen LogP contribution is -2.39. The average Bonchev–Trinajstić information content (AvgIpc) is 2.61. The zero-order chi connectivity index (χ0) is 16.9. The summed E-state index contributed by atoms with van der Waals surface area (Å²) in [5, 5.41) is 5.58. The molecule has 1 atom stereocenters. The number of nitrogens with one attached hydrogen (secondary N) is 2. The first-order valence-electron chi connectivity index (χ1n) is 7.68. The van der Waals surface area contributed by atoms with Crippen LogP contribution in [0.4, 0.5) is 0 Å². The molecule has 0 radical (unpaired) electrons. The summed E-state index contributed by atoms with van der Waals surface area (Å²) in [6.07, 6.45) is 0.712. The normalized spacial score (nSPS) is 15.8. The Morgan fingerprint density at radius 3 is 2.67 bits per heavy atom. The minimum atomic E-state index is -0.273. The Labute approximate surface area is 148 Å². The second-order valence-corrected chi connectivity index (χ2v) is 6.40. The summed E-state index contributed by atoms with van der Waals surface area (Å²) in [6.45, 7) is 0.502. The third-order valence-corrected chi connectivity index (χ3v) is 4.34. The van der Waals surface area contributed by atoms with Crippen molar-refractivity contribution in [1.29, 1.82) is 0 Å². The first-order chi connectivity index (χ1) is 11.6. The minimum Gasteiger partial charge on any atom is -0.493 e. The van der Waals surface area contributed by atoms with Crippen molar-refractivity contribution in [2.75, 3.05) is 13.2 Å². The van der Waals surface area contributed by atoms with E-state index in [2.05, 4.69) is 26.6 Å². The first-order valence-corrected chi connectivity index (χ1v) is 8.47. The van der Waals surface area contributed by atoms with Crippen LogP contribution < -0.4 is 15.4 Å². The van der Waals surface area contributed by atoms with E-state index in [4.69, 9.17) is 4.74 Å². The molecule has 24 heavy (non-hydrogen) atoms. The van der Waals surface area contributed by atoms with Crippen LogP contribution in [0.3, 0.4) is 0 Å². The maximum absolute atomic E-state index is 12.1. The molecule has 0 aliphatic carbocycles. The number of fused-ring (bicyclic) bond motifs is 1. The summed E-state index contributed by atoms with van der Waals surface area (Å²) in [4.78, 5) is 24.2. The molecule has 2 N–H and O–H groups in total. The van der Waals surface area contributed by atoms with E-state index in [0.29, 0.717) is 18.6 Å². The summed E-state index contributed by atoms with van der Waals surface area (Å²) in [7, 11) is 0. The van der Waals surface area contributed by atoms with Crippen molar-refractivity contribution in [1.82, 2.24) is 10.6 Å². The van der Waals surface area contributed by atoms with Gasteiger partial charge in [0.1, 0.15) is 5.75 Å². The van der Waals surface area contributed by atoms with Crippen LogP contribution >= 0.6 is 15.9 Å². The Morgan fingerprint density at radius 2 is 1.88 bits per heavy atom. The summed E-state index contributed by atoms with van der Waals surface area (Å²) in [6, 6.07) is 14.5. The minimum absolute atomic E-state index is 0.0611. The van der Waals surface area contributed by atoms with Gasteiger partial charge in [-0.05, 0) is 30.3 Å². The van der Waals surface area contributed by atoms with Gasteiger partial charge in [0.25, 0.3) is 5.91 Å². The van der Waals surface area contributed by atoms with E-state index in [0.717, 1.165) is 15.8 Å². The van der Waals surface area contributed by atoms with E-state index in [-0.39, 0.29) is 24.4 Å². The van der Waals surface area contributed by atoms with Gasteiger partial charge < -0.3 is 15.4 Å². The molecule has 124 valence electrons. The lowest BCUT2D eigenvalue weighted by Gasteiger charge is -2.26. The van der Waals surface area contributed by atoms with E-state index >= 15 is 0 Å². The lowest BCUT2D eigenvalue weighted by molar-refractivity contribution is -0.121. The van der Waals surface area contributed by atoms with Gasteiger partial charge >= 0.3 is 0 Å². The molecule has 2 aromatic carbocycles. The molecular formula is C18H17BrN2O3. The van der Waals surface area contributed by atoms with Crippen LogP contribution in [0.15, 0.2) is 53.0 Å². The predicted octanol–water partition coefficient (Wildman–Crippen LogP) is 2.82. The number of para-hydroxylation sites is 1. The Kier molecular flexibility index (Phi) is 5.15. The summed E-state index contributed by atoms with van der Waals surface area (Å²) < 4.78 is 6.47. The second-order valence-electron chi connectivity index (χ2n) is 5.48. The van der Waals surface area contributed by atoms with Crippen molar-refractivity contribution in [3.05, 3.63) is 64.1 Å². The molecule has 1 aliphatic heterocycles. The largest absolute Gasteiger partial charge is 0.493 e. The number of amides is 2. The number of rotatable bonds is 4. The first kappa shape index (κ1) is 16.5. The maximum Gasteiger partial charge on any atom is 0.251 e. The molecule has 0 spiro atoms. The quantitative estimate of drug-likeness (QED) is 0.845. The number of hydrogen-bond acceptors (Lipinski definition) is 3. The molecule has 0 saturated carbocycles. The maximum atomic E-state index is 12.1. The van der Waals surface area contributed by atoms with Gasteiger partial charge in [-0.2, -0.15) is 0 Å². The smallest absolute Gasteiger partial charge is 0.251 e. The van der Waals surface area contributed by atoms with Crippen LogP contribution in [-0.4, -0.2) is 25.0 Å². The van der Waals surface area contributed by atoms with E-state index in [1.165, 1.54) is 0 Å². The SMILES string of the molecule is O=C(CNC(=O)c1ccc(Br)cc1)N[C@H]1CCOc2ccccc21. The van der Waals surface area contributed by atoms with Crippen LogP contribution in [0.25, 0.3) is 0 Å². The molecule has 6 heteroatoms. The van der Waals surface area contributed by atoms with Gasteiger partial charge in [-0.25, -0.2) is 0 Å². The van der Waals surface area contributed by atoms with Crippen molar-refractivity contribution in [2.24, 2.45) is 0 Å². The molecule has 5 nitrogen and oxygen atoms in total. The summed E-state index contributed by atoms with van der Waals surface area (Å²) in [5.41, 5.74) is 1.48. The van der Waals surface area contributed by atoms with Crippen molar-refractivity contribution in [3.8, 4) is 5.75 Å². The van der Waals surface area contributed by atoms with Gasteiger partial charge in [-0.1, -0.05) is 34.1 Å². The molecule has 0 aromatic heterocycles. The number of carbonyl (C=O) groups excluding carboxylic acids is 2. The fourth-order valence-electron chi connectivity index (χ4n) is 2.60. The van der Waals surface area contributed by atoms with Crippen LogP contribution in [0.2, 0.25) is 0 Å². The number of halogens is 1. The Morgan fingerprint density at radius 1 is 1.12 bits per heavy atom. The average molecular weight is 389 g/mol. The van der Waals surface area contributed by atoms with Gasteiger partial charge in [0.05, 0.1) is 19.2 Å². The van der Waals surface area contributed by atoms with E-state index in [9.17, 15) is 9.59 Å².